The van der Waals surface area contributed by atoms with Crippen LogP contribution in [0.25, 0.3) is 0 Å². The van der Waals surface area contributed by atoms with Crippen LogP contribution in [0.4, 0.5) is 0 Å². The number of rotatable bonds is 5. The lowest BCUT2D eigenvalue weighted by Gasteiger charge is -2.14. The fourth-order valence-electron chi connectivity index (χ4n) is 1.51. The molecular weight excluding hydrogens is 192 g/mol. The first kappa shape index (κ1) is 11.9. The first-order valence-electron chi connectivity index (χ1n) is 5.10. The standard InChI is InChI=1S/C12H18O3/c1-4-10(13)8-9-6-5-7-11(14-2)12(9)15-3/h5-7,10,13H,4,8H2,1-3H3/t10-/m0/s1. The van der Waals surface area contributed by atoms with E-state index < -0.39 is 0 Å². The van der Waals surface area contributed by atoms with Gasteiger partial charge in [0.05, 0.1) is 20.3 Å². The molecule has 0 saturated carbocycles. The minimum Gasteiger partial charge on any atom is -0.493 e. The summed E-state index contributed by atoms with van der Waals surface area (Å²) < 4.78 is 10.5. The predicted octanol–water partition coefficient (Wildman–Crippen LogP) is 2.02. The maximum atomic E-state index is 9.60. The van der Waals surface area contributed by atoms with Gasteiger partial charge in [-0.3, -0.25) is 0 Å². The Morgan fingerprint density at radius 3 is 2.53 bits per heavy atom. The molecule has 0 aromatic heterocycles. The van der Waals surface area contributed by atoms with Gasteiger partial charge in [-0.1, -0.05) is 19.1 Å². The number of hydrogen-bond acceptors (Lipinski definition) is 3. The van der Waals surface area contributed by atoms with Crippen LogP contribution in [0.2, 0.25) is 0 Å². The van der Waals surface area contributed by atoms with Gasteiger partial charge in [-0.25, -0.2) is 0 Å². The number of aliphatic hydroxyl groups excluding tert-OH is 1. The molecule has 0 fully saturated rings. The molecule has 1 atom stereocenters. The molecule has 0 saturated heterocycles. The molecule has 0 amide bonds. The summed E-state index contributed by atoms with van der Waals surface area (Å²) in [7, 11) is 3.22. The Morgan fingerprint density at radius 1 is 1.27 bits per heavy atom. The van der Waals surface area contributed by atoms with Crippen LogP contribution in [0.5, 0.6) is 11.5 Å². The zero-order chi connectivity index (χ0) is 11.3. The molecule has 0 bridgehead atoms. The Kier molecular flexibility index (Phi) is 4.43. The van der Waals surface area contributed by atoms with E-state index in [-0.39, 0.29) is 6.10 Å². The highest BCUT2D eigenvalue weighted by Gasteiger charge is 2.12. The number of benzene rings is 1. The average Bonchev–Trinajstić information content (AvgIpc) is 2.28. The van der Waals surface area contributed by atoms with Crippen molar-refractivity contribution in [2.45, 2.75) is 25.9 Å². The van der Waals surface area contributed by atoms with E-state index in [0.29, 0.717) is 17.9 Å². The van der Waals surface area contributed by atoms with E-state index in [4.69, 9.17) is 9.47 Å². The largest absolute Gasteiger partial charge is 0.493 e. The van der Waals surface area contributed by atoms with Crippen LogP contribution < -0.4 is 9.47 Å². The van der Waals surface area contributed by atoms with Gasteiger partial charge < -0.3 is 14.6 Å². The van der Waals surface area contributed by atoms with E-state index in [1.165, 1.54) is 0 Å². The number of ether oxygens (including phenoxy) is 2. The van der Waals surface area contributed by atoms with Crippen molar-refractivity contribution in [2.24, 2.45) is 0 Å². The molecule has 1 aromatic rings. The molecule has 1 aromatic carbocycles. The van der Waals surface area contributed by atoms with Gasteiger partial charge in [0.25, 0.3) is 0 Å². The first-order valence-corrected chi connectivity index (χ1v) is 5.10. The van der Waals surface area contributed by atoms with Crippen molar-refractivity contribution in [1.29, 1.82) is 0 Å². The van der Waals surface area contributed by atoms with Crippen LogP contribution in [0.15, 0.2) is 18.2 Å². The lowest BCUT2D eigenvalue weighted by atomic mass is 10.0. The average molecular weight is 210 g/mol. The van der Waals surface area contributed by atoms with Crippen LogP contribution in [0.3, 0.4) is 0 Å². The van der Waals surface area contributed by atoms with Gasteiger partial charge in [0.1, 0.15) is 0 Å². The van der Waals surface area contributed by atoms with Gasteiger partial charge in [0.2, 0.25) is 0 Å². The van der Waals surface area contributed by atoms with Gasteiger partial charge in [0, 0.05) is 12.0 Å². The third-order valence-electron chi connectivity index (χ3n) is 2.41. The fourth-order valence-corrected chi connectivity index (χ4v) is 1.51. The van der Waals surface area contributed by atoms with Crippen LogP contribution in [0.1, 0.15) is 18.9 Å². The van der Waals surface area contributed by atoms with E-state index in [0.717, 1.165) is 12.0 Å². The Labute approximate surface area is 90.6 Å². The molecule has 0 aliphatic heterocycles. The topological polar surface area (TPSA) is 38.7 Å². The lowest BCUT2D eigenvalue weighted by molar-refractivity contribution is 0.169. The Hall–Kier alpha value is -1.22. The van der Waals surface area contributed by atoms with Gasteiger partial charge >= 0.3 is 0 Å². The van der Waals surface area contributed by atoms with Crippen molar-refractivity contribution in [3.05, 3.63) is 23.8 Å². The summed E-state index contributed by atoms with van der Waals surface area (Å²) in [6, 6.07) is 5.69. The highest BCUT2D eigenvalue weighted by molar-refractivity contribution is 5.46. The summed E-state index contributed by atoms with van der Waals surface area (Å²) in [5.41, 5.74) is 0.978. The molecular formula is C12H18O3. The minimum absolute atomic E-state index is 0.328. The van der Waals surface area contributed by atoms with Crippen molar-refractivity contribution in [1.82, 2.24) is 0 Å². The molecule has 15 heavy (non-hydrogen) atoms. The van der Waals surface area contributed by atoms with Crippen molar-refractivity contribution >= 4 is 0 Å². The molecule has 84 valence electrons. The normalized spacial score (nSPS) is 12.3. The smallest absolute Gasteiger partial charge is 0.163 e. The summed E-state index contributed by atoms with van der Waals surface area (Å²) in [5, 5.41) is 9.60. The molecule has 1 rings (SSSR count). The molecule has 3 nitrogen and oxygen atoms in total. The van der Waals surface area contributed by atoms with Crippen LogP contribution >= 0.6 is 0 Å². The summed E-state index contributed by atoms with van der Waals surface area (Å²) in [6.45, 7) is 1.96. The van der Waals surface area contributed by atoms with E-state index >= 15 is 0 Å². The van der Waals surface area contributed by atoms with Crippen molar-refractivity contribution in [3.8, 4) is 11.5 Å². The highest BCUT2D eigenvalue weighted by atomic mass is 16.5. The fraction of sp³-hybridized carbons (Fsp3) is 0.500. The predicted molar refractivity (Wildman–Crippen MR) is 59.5 cm³/mol. The third-order valence-corrected chi connectivity index (χ3v) is 2.41. The second-order valence-corrected chi connectivity index (χ2v) is 3.42. The van der Waals surface area contributed by atoms with Crippen LogP contribution in [-0.4, -0.2) is 25.4 Å². The molecule has 0 spiro atoms. The highest BCUT2D eigenvalue weighted by Crippen LogP contribution is 2.31. The maximum absolute atomic E-state index is 9.60. The zero-order valence-corrected chi connectivity index (χ0v) is 9.49. The monoisotopic (exact) mass is 210 g/mol. The number of aliphatic hydroxyl groups is 1. The number of para-hydroxylation sites is 1. The molecule has 0 heterocycles. The minimum atomic E-state index is -0.328. The number of methoxy groups -OCH3 is 2. The lowest BCUT2D eigenvalue weighted by Crippen LogP contribution is -2.09. The maximum Gasteiger partial charge on any atom is 0.163 e. The summed E-state index contributed by atoms with van der Waals surface area (Å²) in [4.78, 5) is 0. The van der Waals surface area contributed by atoms with E-state index in [1.807, 2.05) is 25.1 Å². The Balaban J connectivity index is 2.95. The molecule has 0 aliphatic carbocycles. The van der Waals surface area contributed by atoms with Gasteiger partial charge in [0.15, 0.2) is 11.5 Å². The quantitative estimate of drug-likeness (QED) is 0.808. The van der Waals surface area contributed by atoms with Crippen LogP contribution in [-0.2, 0) is 6.42 Å². The molecule has 3 heteroatoms. The molecule has 0 radical (unpaired) electrons. The molecule has 1 N–H and O–H groups in total. The van der Waals surface area contributed by atoms with Crippen molar-refractivity contribution < 1.29 is 14.6 Å². The van der Waals surface area contributed by atoms with Crippen molar-refractivity contribution in [2.75, 3.05) is 14.2 Å². The van der Waals surface area contributed by atoms with Gasteiger partial charge in [-0.15, -0.1) is 0 Å². The van der Waals surface area contributed by atoms with Gasteiger partial charge in [-0.2, -0.15) is 0 Å². The first-order chi connectivity index (χ1) is 7.22. The summed E-state index contributed by atoms with van der Waals surface area (Å²) >= 11 is 0. The van der Waals surface area contributed by atoms with Crippen molar-refractivity contribution in [3.63, 3.8) is 0 Å². The Bertz CT molecular complexity index is 310. The molecule has 0 unspecified atom stereocenters. The third kappa shape index (κ3) is 2.86. The Morgan fingerprint density at radius 2 is 2.00 bits per heavy atom. The molecule has 0 aliphatic rings. The van der Waals surface area contributed by atoms with E-state index in [1.54, 1.807) is 14.2 Å². The second kappa shape index (κ2) is 5.61. The zero-order valence-electron chi connectivity index (χ0n) is 9.49. The van der Waals surface area contributed by atoms with Crippen LogP contribution in [0, 0.1) is 0 Å². The van der Waals surface area contributed by atoms with Gasteiger partial charge in [-0.05, 0) is 12.5 Å². The summed E-state index contributed by atoms with van der Waals surface area (Å²) in [6.07, 6.45) is 1.00. The van der Waals surface area contributed by atoms with E-state index in [2.05, 4.69) is 0 Å². The van der Waals surface area contributed by atoms with E-state index in [9.17, 15) is 5.11 Å². The number of hydrogen-bond donors (Lipinski definition) is 1. The second-order valence-electron chi connectivity index (χ2n) is 3.42. The summed E-state index contributed by atoms with van der Waals surface area (Å²) in [5.74, 6) is 1.42. The SMILES string of the molecule is CC[C@H](O)Cc1cccc(OC)c1OC.